The first-order valence-corrected chi connectivity index (χ1v) is 10.4. The minimum Gasteiger partial charge on any atom is -0.497 e. The lowest BCUT2D eigenvalue weighted by Gasteiger charge is -2.18. The summed E-state index contributed by atoms with van der Waals surface area (Å²) in [6, 6.07) is 20.4. The lowest BCUT2D eigenvalue weighted by atomic mass is 10.00. The Bertz CT molecular complexity index is 1260. The molecule has 0 aliphatic carbocycles. The molecule has 0 aliphatic heterocycles. The van der Waals surface area contributed by atoms with Gasteiger partial charge in [0.15, 0.2) is 11.5 Å². The SMILES string of the molecule is COc1cccc(-c2cccc(C(C)Nc3nc(C)nc4cc(OC)c(OC)cc34)c2)c1. The summed E-state index contributed by atoms with van der Waals surface area (Å²) >= 11 is 0. The third-order valence-electron chi connectivity index (χ3n) is 5.46. The van der Waals surface area contributed by atoms with Gasteiger partial charge in [0, 0.05) is 17.5 Å². The van der Waals surface area contributed by atoms with Crippen LogP contribution in [0.1, 0.15) is 24.4 Å². The van der Waals surface area contributed by atoms with Crippen molar-refractivity contribution in [1.82, 2.24) is 9.97 Å². The van der Waals surface area contributed by atoms with Crippen LogP contribution in [0.25, 0.3) is 22.0 Å². The molecule has 3 aromatic carbocycles. The Morgan fingerprint density at radius 1 is 0.781 bits per heavy atom. The normalized spacial score (nSPS) is 11.8. The molecule has 0 radical (unpaired) electrons. The third kappa shape index (κ3) is 4.30. The lowest BCUT2D eigenvalue weighted by molar-refractivity contribution is 0.356. The van der Waals surface area contributed by atoms with Crippen molar-refractivity contribution in [2.45, 2.75) is 19.9 Å². The molecule has 1 atom stereocenters. The van der Waals surface area contributed by atoms with Crippen LogP contribution in [0.15, 0.2) is 60.7 Å². The van der Waals surface area contributed by atoms with Gasteiger partial charge >= 0.3 is 0 Å². The highest BCUT2D eigenvalue weighted by Gasteiger charge is 2.15. The van der Waals surface area contributed by atoms with E-state index in [0.29, 0.717) is 17.3 Å². The van der Waals surface area contributed by atoms with Gasteiger partial charge in [0.1, 0.15) is 17.4 Å². The Labute approximate surface area is 188 Å². The number of hydrogen-bond acceptors (Lipinski definition) is 6. The Hall–Kier alpha value is -3.80. The molecule has 0 bridgehead atoms. The average Bonchev–Trinajstić information content (AvgIpc) is 2.83. The molecule has 0 spiro atoms. The molecule has 0 aliphatic rings. The molecule has 4 rings (SSSR count). The third-order valence-corrected chi connectivity index (χ3v) is 5.46. The fourth-order valence-electron chi connectivity index (χ4n) is 3.76. The van der Waals surface area contributed by atoms with E-state index in [1.54, 1.807) is 21.3 Å². The lowest BCUT2D eigenvalue weighted by Crippen LogP contribution is -2.10. The maximum Gasteiger partial charge on any atom is 0.162 e. The molecule has 0 saturated carbocycles. The molecule has 6 heteroatoms. The summed E-state index contributed by atoms with van der Waals surface area (Å²) in [6.07, 6.45) is 0. The predicted molar refractivity (Wildman–Crippen MR) is 128 cm³/mol. The number of nitrogens with zero attached hydrogens (tertiary/aromatic N) is 2. The zero-order chi connectivity index (χ0) is 22.7. The second-order valence-corrected chi connectivity index (χ2v) is 7.57. The summed E-state index contributed by atoms with van der Waals surface area (Å²) in [5, 5.41) is 4.44. The first kappa shape index (κ1) is 21.4. The van der Waals surface area contributed by atoms with Gasteiger partial charge < -0.3 is 19.5 Å². The van der Waals surface area contributed by atoms with Gasteiger partial charge in [0.2, 0.25) is 0 Å². The summed E-state index contributed by atoms with van der Waals surface area (Å²) in [4.78, 5) is 9.24. The van der Waals surface area contributed by atoms with Gasteiger partial charge in [-0.15, -0.1) is 0 Å². The second kappa shape index (κ2) is 9.14. The van der Waals surface area contributed by atoms with E-state index < -0.39 is 0 Å². The van der Waals surface area contributed by atoms with E-state index in [-0.39, 0.29) is 6.04 Å². The van der Waals surface area contributed by atoms with Crippen molar-refractivity contribution in [3.05, 3.63) is 72.1 Å². The molecule has 4 aromatic rings. The number of ether oxygens (including phenoxy) is 3. The van der Waals surface area contributed by atoms with Crippen molar-refractivity contribution < 1.29 is 14.2 Å². The predicted octanol–water partition coefficient (Wildman–Crippen LogP) is 5.80. The number of hydrogen-bond donors (Lipinski definition) is 1. The highest BCUT2D eigenvalue weighted by Crippen LogP contribution is 2.35. The van der Waals surface area contributed by atoms with E-state index in [2.05, 4.69) is 52.5 Å². The highest BCUT2D eigenvalue weighted by molar-refractivity contribution is 5.92. The quantitative estimate of drug-likeness (QED) is 0.400. The molecule has 0 fully saturated rings. The Balaban J connectivity index is 1.69. The summed E-state index contributed by atoms with van der Waals surface area (Å²) in [7, 11) is 4.92. The van der Waals surface area contributed by atoms with Crippen LogP contribution in [0, 0.1) is 6.92 Å². The van der Waals surface area contributed by atoms with E-state index >= 15 is 0 Å². The minimum atomic E-state index is 0.0196. The number of benzene rings is 3. The fraction of sp³-hybridized carbons (Fsp3) is 0.231. The van der Waals surface area contributed by atoms with Crippen LogP contribution in [-0.2, 0) is 0 Å². The topological polar surface area (TPSA) is 65.5 Å². The van der Waals surface area contributed by atoms with E-state index in [1.165, 1.54) is 0 Å². The number of fused-ring (bicyclic) bond motifs is 1. The monoisotopic (exact) mass is 429 g/mol. The Morgan fingerprint density at radius 3 is 2.19 bits per heavy atom. The van der Waals surface area contributed by atoms with Crippen molar-refractivity contribution in [3.63, 3.8) is 0 Å². The molecule has 1 heterocycles. The summed E-state index contributed by atoms with van der Waals surface area (Å²) < 4.78 is 16.3. The molecule has 164 valence electrons. The largest absolute Gasteiger partial charge is 0.497 e. The van der Waals surface area contributed by atoms with E-state index in [9.17, 15) is 0 Å². The van der Waals surface area contributed by atoms with Gasteiger partial charge in [-0.3, -0.25) is 0 Å². The first-order valence-electron chi connectivity index (χ1n) is 10.4. The first-order chi connectivity index (χ1) is 15.5. The molecule has 32 heavy (non-hydrogen) atoms. The van der Waals surface area contributed by atoms with Crippen LogP contribution >= 0.6 is 0 Å². The molecular formula is C26H27N3O3. The van der Waals surface area contributed by atoms with Gasteiger partial charge in [-0.2, -0.15) is 0 Å². The van der Waals surface area contributed by atoms with Crippen LogP contribution in [0.4, 0.5) is 5.82 Å². The maximum atomic E-state index is 5.48. The molecule has 0 saturated heterocycles. The fourth-order valence-corrected chi connectivity index (χ4v) is 3.76. The van der Waals surface area contributed by atoms with Crippen LogP contribution in [-0.4, -0.2) is 31.3 Å². The molecule has 1 N–H and O–H groups in total. The standard InChI is InChI=1S/C26H27N3O3/c1-16(18-8-6-9-19(12-18)20-10-7-11-21(13-20)30-3)27-26-22-14-24(31-4)25(32-5)15-23(22)28-17(2)29-26/h6-16H,1-5H3,(H,27,28,29). The van der Waals surface area contributed by atoms with Crippen LogP contribution in [0.2, 0.25) is 0 Å². The van der Waals surface area contributed by atoms with Gasteiger partial charge in [0.05, 0.1) is 26.8 Å². The zero-order valence-corrected chi connectivity index (χ0v) is 19.0. The Kier molecular flexibility index (Phi) is 6.12. The summed E-state index contributed by atoms with van der Waals surface area (Å²) in [5.74, 6) is 3.56. The van der Waals surface area contributed by atoms with Crippen LogP contribution < -0.4 is 19.5 Å². The average molecular weight is 430 g/mol. The molecule has 0 amide bonds. The van der Waals surface area contributed by atoms with Gasteiger partial charge in [-0.05, 0) is 54.8 Å². The highest BCUT2D eigenvalue weighted by atomic mass is 16.5. The number of rotatable bonds is 7. The van der Waals surface area contributed by atoms with Gasteiger partial charge in [-0.25, -0.2) is 9.97 Å². The van der Waals surface area contributed by atoms with Gasteiger partial charge in [-0.1, -0.05) is 30.3 Å². The van der Waals surface area contributed by atoms with Crippen molar-refractivity contribution in [3.8, 4) is 28.4 Å². The van der Waals surface area contributed by atoms with Crippen LogP contribution in [0.5, 0.6) is 17.2 Å². The smallest absolute Gasteiger partial charge is 0.162 e. The Morgan fingerprint density at radius 2 is 1.47 bits per heavy atom. The number of nitrogens with one attached hydrogen (secondary N) is 1. The van der Waals surface area contributed by atoms with E-state index in [0.717, 1.165) is 39.2 Å². The zero-order valence-electron chi connectivity index (χ0n) is 19.0. The molecule has 1 aromatic heterocycles. The minimum absolute atomic E-state index is 0.0196. The number of aromatic nitrogens is 2. The van der Waals surface area contributed by atoms with Crippen molar-refractivity contribution >= 4 is 16.7 Å². The van der Waals surface area contributed by atoms with Crippen LogP contribution in [0.3, 0.4) is 0 Å². The summed E-state index contributed by atoms with van der Waals surface area (Å²) in [5.41, 5.74) is 4.19. The van der Waals surface area contributed by atoms with Gasteiger partial charge in [0.25, 0.3) is 0 Å². The number of methoxy groups -OCH3 is 3. The maximum absolute atomic E-state index is 5.48. The van der Waals surface area contributed by atoms with E-state index in [1.807, 2.05) is 37.3 Å². The van der Waals surface area contributed by atoms with Crippen molar-refractivity contribution in [2.75, 3.05) is 26.6 Å². The van der Waals surface area contributed by atoms with E-state index in [4.69, 9.17) is 14.2 Å². The number of aryl methyl sites for hydroxylation is 1. The number of anilines is 1. The molecule has 6 nitrogen and oxygen atoms in total. The van der Waals surface area contributed by atoms with Crippen molar-refractivity contribution in [1.29, 1.82) is 0 Å². The molecular weight excluding hydrogens is 402 g/mol. The van der Waals surface area contributed by atoms with Crippen molar-refractivity contribution in [2.24, 2.45) is 0 Å². The molecule has 1 unspecified atom stereocenters. The second-order valence-electron chi connectivity index (χ2n) is 7.57. The summed E-state index contributed by atoms with van der Waals surface area (Å²) in [6.45, 7) is 4.00.